The van der Waals surface area contributed by atoms with Gasteiger partial charge in [0.25, 0.3) is 0 Å². The first-order chi connectivity index (χ1) is 8.61. The second kappa shape index (κ2) is 5.72. The topological polar surface area (TPSA) is 38.3 Å². The molecule has 18 heavy (non-hydrogen) atoms. The Morgan fingerprint density at radius 2 is 1.94 bits per heavy atom. The van der Waals surface area contributed by atoms with E-state index in [-0.39, 0.29) is 11.4 Å². The molecule has 0 aliphatic carbocycles. The number of carbonyl (C=O) groups is 1. The first-order valence-corrected chi connectivity index (χ1v) is 6.63. The Bertz CT molecular complexity index is 402. The Kier molecular flexibility index (Phi) is 4.25. The number of hydrogen-bond acceptors (Lipinski definition) is 2. The molecule has 0 radical (unpaired) electrons. The molecule has 1 atom stereocenters. The van der Waals surface area contributed by atoms with Crippen LogP contribution in [-0.4, -0.2) is 24.7 Å². The number of hydrogen-bond donors (Lipinski definition) is 1. The molecule has 0 bridgehead atoms. The van der Waals surface area contributed by atoms with E-state index in [0.717, 1.165) is 18.4 Å². The number of halogens is 1. The molecular weight excluding hydrogens is 250 g/mol. The van der Waals surface area contributed by atoms with E-state index in [1.54, 1.807) is 0 Å². The molecule has 1 aromatic rings. The SMILES string of the molecule is CC1(NC(=O)C(Cl)c2ccccc2)CCOCC1. The Hall–Kier alpha value is -1.06. The van der Waals surface area contributed by atoms with Gasteiger partial charge in [0.15, 0.2) is 0 Å². The molecule has 1 unspecified atom stereocenters. The highest BCUT2D eigenvalue weighted by molar-refractivity contribution is 6.30. The zero-order chi connectivity index (χ0) is 13.0. The van der Waals surface area contributed by atoms with Gasteiger partial charge >= 0.3 is 0 Å². The molecule has 1 heterocycles. The number of alkyl halides is 1. The minimum atomic E-state index is -0.633. The standard InChI is InChI=1S/C14H18ClNO2/c1-14(7-9-18-10-8-14)16-13(17)12(15)11-5-3-2-4-6-11/h2-6,12H,7-10H2,1H3,(H,16,17). The van der Waals surface area contributed by atoms with Crippen LogP contribution in [0.2, 0.25) is 0 Å². The van der Waals surface area contributed by atoms with Crippen molar-refractivity contribution in [1.82, 2.24) is 5.32 Å². The lowest BCUT2D eigenvalue weighted by atomic mass is 9.92. The van der Waals surface area contributed by atoms with Gasteiger partial charge in [-0.25, -0.2) is 0 Å². The minimum Gasteiger partial charge on any atom is -0.381 e. The van der Waals surface area contributed by atoms with Crippen molar-refractivity contribution >= 4 is 17.5 Å². The average Bonchev–Trinajstić information content (AvgIpc) is 2.39. The van der Waals surface area contributed by atoms with Crippen molar-refractivity contribution in [3.05, 3.63) is 35.9 Å². The minimum absolute atomic E-state index is 0.132. The Labute approximate surface area is 112 Å². The highest BCUT2D eigenvalue weighted by Crippen LogP contribution is 2.24. The van der Waals surface area contributed by atoms with Gasteiger partial charge in [0.2, 0.25) is 5.91 Å². The fourth-order valence-electron chi connectivity index (χ4n) is 2.08. The number of rotatable bonds is 3. The maximum Gasteiger partial charge on any atom is 0.243 e. The second-order valence-corrected chi connectivity index (χ2v) is 5.37. The predicted octanol–water partition coefficient (Wildman–Crippen LogP) is 2.65. The van der Waals surface area contributed by atoms with E-state index >= 15 is 0 Å². The molecule has 1 aromatic carbocycles. The van der Waals surface area contributed by atoms with Crippen molar-refractivity contribution < 1.29 is 9.53 Å². The van der Waals surface area contributed by atoms with Crippen LogP contribution in [-0.2, 0) is 9.53 Å². The van der Waals surface area contributed by atoms with E-state index < -0.39 is 5.38 Å². The smallest absolute Gasteiger partial charge is 0.243 e. The molecule has 4 heteroatoms. The van der Waals surface area contributed by atoms with Crippen LogP contribution in [0.1, 0.15) is 30.7 Å². The van der Waals surface area contributed by atoms with Gasteiger partial charge in [0.05, 0.1) is 0 Å². The van der Waals surface area contributed by atoms with E-state index in [9.17, 15) is 4.79 Å². The first-order valence-electron chi connectivity index (χ1n) is 6.19. The number of ether oxygens (including phenoxy) is 1. The molecule has 98 valence electrons. The third-order valence-corrected chi connectivity index (χ3v) is 3.79. The van der Waals surface area contributed by atoms with Gasteiger partial charge in [-0.05, 0) is 25.3 Å². The van der Waals surface area contributed by atoms with Gasteiger partial charge in [-0.2, -0.15) is 0 Å². The summed E-state index contributed by atoms with van der Waals surface area (Å²) in [6.45, 7) is 3.42. The van der Waals surface area contributed by atoms with Crippen molar-refractivity contribution in [3.8, 4) is 0 Å². The monoisotopic (exact) mass is 267 g/mol. The first kappa shape index (κ1) is 13.4. The van der Waals surface area contributed by atoms with Gasteiger partial charge in [-0.1, -0.05) is 30.3 Å². The Balaban J connectivity index is 1.99. The van der Waals surface area contributed by atoms with Gasteiger partial charge in [-0.15, -0.1) is 11.6 Å². The lowest BCUT2D eigenvalue weighted by molar-refractivity contribution is -0.123. The maximum absolute atomic E-state index is 12.1. The lowest BCUT2D eigenvalue weighted by Crippen LogP contribution is -2.50. The summed E-state index contributed by atoms with van der Waals surface area (Å²) in [6, 6.07) is 9.40. The molecule has 2 rings (SSSR count). The largest absolute Gasteiger partial charge is 0.381 e. The summed E-state index contributed by atoms with van der Waals surface area (Å²) < 4.78 is 5.31. The molecule has 3 nitrogen and oxygen atoms in total. The van der Waals surface area contributed by atoms with E-state index in [2.05, 4.69) is 5.32 Å². The van der Waals surface area contributed by atoms with Gasteiger partial charge in [0.1, 0.15) is 5.38 Å². The highest BCUT2D eigenvalue weighted by atomic mass is 35.5. The maximum atomic E-state index is 12.1. The van der Waals surface area contributed by atoms with Crippen molar-refractivity contribution in [2.45, 2.75) is 30.7 Å². The van der Waals surface area contributed by atoms with Crippen LogP contribution in [0.5, 0.6) is 0 Å². The molecule has 0 spiro atoms. The summed E-state index contributed by atoms with van der Waals surface area (Å²) in [5.41, 5.74) is 0.629. The van der Waals surface area contributed by atoms with Gasteiger partial charge in [0, 0.05) is 18.8 Å². The molecule has 1 fully saturated rings. The zero-order valence-electron chi connectivity index (χ0n) is 10.5. The fraction of sp³-hybridized carbons (Fsp3) is 0.500. The molecule has 1 saturated heterocycles. The van der Waals surface area contributed by atoms with Crippen molar-refractivity contribution in [2.24, 2.45) is 0 Å². The third kappa shape index (κ3) is 3.24. The van der Waals surface area contributed by atoms with Crippen molar-refractivity contribution in [1.29, 1.82) is 0 Å². The van der Waals surface area contributed by atoms with Crippen LogP contribution in [0.25, 0.3) is 0 Å². The van der Waals surface area contributed by atoms with E-state index in [1.165, 1.54) is 0 Å². The van der Waals surface area contributed by atoms with E-state index in [4.69, 9.17) is 16.3 Å². The van der Waals surface area contributed by atoms with Crippen molar-refractivity contribution in [2.75, 3.05) is 13.2 Å². The number of amides is 1. The van der Waals surface area contributed by atoms with Crippen LogP contribution < -0.4 is 5.32 Å². The highest BCUT2D eigenvalue weighted by Gasteiger charge is 2.31. The van der Waals surface area contributed by atoms with Gasteiger partial charge in [-0.3, -0.25) is 4.79 Å². The van der Waals surface area contributed by atoms with Crippen LogP contribution in [0.15, 0.2) is 30.3 Å². The molecular formula is C14H18ClNO2. The van der Waals surface area contributed by atoms with Crippen LogP contribution in [0.4, 0.5) is 0 Å². The summed E-state index contributed by atoms with van der Waals surface area (Å²) in [5.74, 6) is -0.132. The van der Waals surface area contributed by atoms with E-state index in [1.807, 2.05) is 37.3 Å². The van der Waals surface area contributed by atoms with E-state index in [0.29, 0.717) is 13.2 Å². The van der Waals surface area contributed by atoms with Crippen LogP contribution >= 0.6 is 11.6 Å². The summed E-state index contributed by atoms with van der Waals surface area (Å²) in [6.07, 6.45) is 1.66. The number of carbonyl (C=O) groups excluding carboxylic acids is 1. The third-order valence-electron chi connectivity index (χ3n) is 3.34. The predicted molar refractivity (Wildman–Crippen MR) is 71.6 cm³/mol. The summed E-state index contributed by atoms with van der Waals surface area (Å²) >= 11 is 6.19. The Morgan fingerprint density at radius 3 is 2.56 bits per heavy atom. The molecule has 1 aliphatic heterocycles. The summed E-state index contributed by atoms with van der Waals surface area (Å²) in [5, 5.41) is 2.41. The normalized spacial score (nSPS) is 20.1. The quantitative estimate of drug-likeness (QED) is 0.855. The molecule has 1 aliphatic rings. The lowest BCUT2D eigenvalue weighted by Gasteiger charge is -2.35. The molecule has 0 saturated carbocycles. The molecule has 1 N–H and O–H groups in total. The number of nitrogens with one attached hydrogen (secondary N) is 1. The molecule has 0 aromatic heterocycles. The fourth-order valence-corrected chi connectivity index (χ4v) is 2.28. The van der Waals surface area contributed by atoms with Crippen LogP contribution in [0, 0.1) is 0 Å². The second-order valence-electron chi connectivity index (χ2n) is 4.94. The summed E-state index contributed by atoms with van der Waals surface area (Å²) in [4.78, 5) is 12.1. The van der Waals surface area contributed by atoms with Crippen molar-refractivity contribution in [3.63, 3.8) is 0 Å². The summed E-state index contributed by atoms with van der Waals surface area (Å²) in [7, 11) is 0. The zero-order valence-corrected chi connectivity index (χ0v) is 11.2. The van der Waals surface area contributed by atoms with Gasteiger partial charge < -0.3 is 10.1 Å². The van der Waals surface area contributed by atoms with Crippen LogP contribution in [0.3, 0.4) is 0 Å². The average molecular weight is 268 g/mol. The Morgan fingerprint density at radius 1 is 1.33 bits per heavy atom. The molecule has 1 amide bonds. The number of benzene rings is 1.